The van der Waals surface area contributed by atoms with Gasteiger partial charge in [-0.15, -0.1) is 0 Å². The van der Waals surface area contributed by atoms with Crippen LogP contribution >= 0.6 is 0 Å². The first-order chi connectivity index (χ1) is 8.03. The summed E-state index contributed by atoms with van der Waals surface area (Å²) >= 11 is 0. The van der Waals surface area contributed by atoms with Gasteiger partial charge in [-0.1, -0.05) is 20.8 Å². The summed E-state index contributed by atoms with van der Waals surface area (Å²) in [5, 5.41) is 11.5. The van der Waals surface area contributed by atoms with E-state index in [1.54, 1.807) is 20.8 Å². The second kappa shape index (κ2) is 6.61. The van der Waals surface area contributed by atoms with Gasteiger partial charge in [0.05, 0.1) is 0 Å². The molecule has 0 bridgehead atoms. The second-order valence-electron chi connectivity index (χ2n) is 5.99. The van der Waals surface area contributed by atoms with E-state index in [-0.39, 0.29) is 24.3 Å². The van der Waals surface area contributed by atoms with Gasteiger partial charge >= 0.3 is 12.1 Å². The molecule has 5 nitrogen and oxygen atoms in total. The number of carboxylic acid groups (broad SMARTS) is 1. The zero-order valence-electron chi connectivity index (χ0n) is 12.1. The lowest BCUT2D eigenvalue weighted by Crippen LogP contribution is -2.45. The Bertz CT molecular complexity index is 294. The summed E-state index contributed by atoms with van der Waals surface area (Å²) in [6.45, 7) is 11.1. The van der Waals surface area contributed by atoms with Crippen LogP contribution in [-0.4, -0.2) is 28.8 Å². The molecule has 0 aliphatic heterocycles. The normalized spacial score (nSPS) is 15.1. The molecule has 0 saturated heterocycles. The van der Waals surface area contributed by atoms with Crippen LogP contribution in [0.3, 0.4) is 0 Å². The summed E-state index contributed by atoms with van der Waals surface area (Å²) < 4.78 is 5.18. The fraction of sp³-hybridized carbons (Fsp3) is 0.846. The van der Waals surface area contributed by atoms with Gasteiger partial charge in [0.1, 0.15) is 5.60 Å². The topological polar surface area (TPSA) is 75.6 Å². The summed E-state index contributed by atoms with van der Waals surface area (Å²) in [6, 6.07) is -0.212. The van der Waals surface area contributed by atoms with E-state index in [2.05, 4.69) is 5.32 Å². The van der Waals surface area contributed by atoms with Crippen molar-refractivity contribution in [1.29, 1.82) is 0 Å². The molecule has 18 heavy (non-hydrogen) atoms. The highest BCUT2D eigenvalue weighted by Gasteiger charge is 2.26. The predicted octanol–water partition coefficient (Wildman–Crippen LogP) is 2.65. The average Bonchev–Trinajstić information content (AvgIpc) is 2.09. The highest BCUT2D eigenvalue weighted by atomic mass is 16.6. The van der Waals surface area contributed by atoms with Crippen molar-refractivity contribution in [2.75, 3.05) is 0 Å². The van der Waals surface area contributed by atoms with Crippen molar-refractivity contribution in [1.82, 2.24) is 5.32 Å². The van der Waals surface area contributed by atoms with E-state index in [4.69, 9.17) is 9.84 Å². The summed E-state index contributed by atoms with van der Waals surface area (Å²) in [5.74, 6) is -0.860. The van der Waals surface area contributed by atoms with Crippen LogP contribution in [0.2, 0.25) is 0 Å². The largest absolute Gasteiger partial charge is 0.481 e. The Kier molecular flexibility index (Phi) is 6.15. The number of ether oxygens (including phenoxy) is 1. The quantitative estimate of drug-likeness (QED) is 0.795. The van der Waals surface area contributed by atoms with E-state index in [1.165, 1.54) is 0 Å². The molecule has 2 N–H and O–H groups in total. The van der Waals surface area contributed by atoms with Crippen LogP contribution in [0.15, 0.2) is 0 Å². The SMILES string of the molecule is CC(C)[C@H](NC(=O)OC(C)(C)C)[C@@H](C)CC(=O)O. The lowest BCUT2D eigenvalue weighted by Gasteiger charge is -2.29. The predicted molar refractivity (Wildman–Crippen MR) is 69.4 cm³/mol. The van der Waals surface area contributed by atoms with Crippen molar-refractivity contribution >= 4 is 12.1 Å². The van der Waals surface area contributed by atoms with Crippen LogP contribution in [-0.2, 0) is 9.53 Å². The number of carbonyl (C=O) groups is 2. The van der Waals surface area contributed by atoms with Crippen molar-refractivity contribution < 1.29 is 19.4 Å². The van der Waals surface area contributed by atoms with Gasteiger partial charge in [0.15, 0.2) is 0 Å². The Labute approximate surface area is 109 Å². The van der Waals surface area contributed by atoms with Gasteiger partial charge in [-0.2, -0.15) is 0 Å². The minimum absolute atomic E-state index is 0.0264. The highest BCUT2D eigenvalue weighted by Crippen LogP contribution is 2.17. The van der Waals surface area contributed by atoms with E-state index < -0.39 is 17.7 Å². The van der Waals surface area contributed by atoms with Gasteiger partial charge < -0.3 is 15.2 Å². The average molecular weight is 259 g/mol. The number of nitrogens with one attached hydrogen (secondary N) is 1. The van der Waals surface area contributed by atoms with Crippen LogP contribution in [0, 0.1) is 11.8 Å². The maximum atomic E-state index is 11.7. The Morgan fingerprint density at radius 3 is 2.06 bits per heavy atom. The first-order valence-corrected chi connectivity index (χ1v) is 6.24. The molecule has 0 aromatic carbocycles. The van der Waals surface area contributed by atoms with Crippen LogP contribution < -0.4 is 5.32 Å². The number of amides is 1. The molecule has 0 rings (SSSR count). The third kappa shape index (κ3) is 7.14. The fourth-order valence-electron chi connectivity index (χ4n) is 1.81. The van der Waals surface area contributed by atoms with E-state index in [0.29, 0.717) is 0 Å². The van der Waals surface area contributed by atoms with Crippen LogP contribution in [0.4, 0.5) is 4.79 Å². The molecule has 2 atom stereocenters. The van der Waals surface area contributed by atoms with Crippen molar-refractivity contribution in [2.24, 2.45) is 11.8 Å². The van der Waals surface area contributed by atoms with Gasteiger partial charge in [-0.25, -0.2) is 4.79 Å². The molecule has 106 valence electrons. The number of aliphatic carboxylic acids is 1. The zero-order valence-corrected chi connectivity index (χ0v) is 12.1. The third-order valence-electron chi connectivity index (χ3n) is 2.51. The Balaban J connectivity index is 4.54. The van der Waals surface area contributed by atoms with Crippen molar-refractivity contribution in [2.45, 2.75) is 59.6 Å². The smallest absolute Gasteiger partial charge is 0.407 e. The van der Waals surface area contributed by atoms with Gasteiger partial charge in [0, 0.05) is 12.5 Å². The minimum Gasteiger partial charge on any atom is -0.481 e. The number of hydrogen-bond donors (Lipinski definition) is 2. The number of carboxylic acids is 1. The molecular formula is C13H25NO4. The van der Waals surface area contributed by atoms with E-state index in [9.17, 15) is 9.59 Å². The van der Waals surface area contributed by atoms with Crippen LogP contribution in [0.5, 0.6) is 0 Å². The lowest BCUT2D eigenvalue weighted by molar-refractivity contribution is -0.138. The standard InChI is InChI=1S/C13H25NO4/c1-8(2)11(9(3)7-10(15)16)14-12(17)18-13(4,5)6/h8-9,11H,7H2,1-6H3,(H,14,17)(H,15,16)/t9-,11-/m0/s1. The van der Waals surface area contributed by atoms with E-state index in [0.717, 1.165) is 0 Å². The molecule has 0 aromatic rings. The number of rotatable bonds is 5. The van der Waals surface area contributed by atoms with Gasteiger partial charge in [0.25, 0.3) is 0 Å². The molecule has 0 aromatic heterocycles. The monoisotopic (exact) mass is 259 g/mol. The van der Waals surface area contributed by atoms with Crippen LogP contribution in [0.25, 0.3) is 0 Å². The second-order valence-corrected chi connectivity index (χ2v) is 5.99. The molecule has 0 radical (unpaired) electrons. The molecule has 0 saturated carbocycles. The first-order valence-electron chi connectivity index (χ1n) is 6.24. The van der Waals surface area contributed by atoms with Crippen molar-refractivity contribution in [3.05, 3.63) is 0 Å². The van der Waals surface area contributed by atoms with E-state index >= 15 is 0 Å². The highest BCUT2D eigenvalue weighted by molar-refractivity contribution is 5.69. The van der Waals surface area contributed by atoms with Crippen molar-refractivity contribution in [3.8, 4) is 0 Å². The number of carbonyl (C=O) groups excluding carboxylic acids is 1. The van der Waals surface area contributed by atoms with Gasteiger partial charge in [-0.05, 0) is 32.6 Å². The van der Waals surface area contributed by atoms with Gasteiger partial charge in [-0.3, -0.25) is 4.79 Å². The maximum Gasteiger partial charge on any atom is 0.407 e. The summed E-state index contributed by atoms with van der Waals surface area (Å²) in [4.78, 5) is 22.4. The number of hydrogen-bond acceptors (Lipinski definition) is 3. The summed E-state index contributed by atoms with van der Waals surface area (Å²) in [7, 11) is 0. The fourth-order valence-corrected chi connectivity index (χ4v) is 1.81. The first kappa shape index (κ1) is 16.7. The molecule has 0 aliphatic rings. The zero-order chi connectivity index (χ0) is 14.5. The Morgan fingerprint density at radius 1 is 1.22 bits per heavy atom. The molecule has 0 aliphatic carbocycles. The molecule has 0 fully saturated rings. The molecule has 0 spiro atoms. The minimum atomic E-state index is -0.862. The van der Waals surface area contributed by atoms with E-state index in [1.807, 2.05) is 20.8 Å². The Morgan fingerprint density at radius 2 is 1.72 bits per heavy atom. The molecule has 5 heteroatoms. The molecular weight excluding hydrogens is 234 g/mol. The molecule has 0 unspecified atom stereocenters. The lowest BCUT2D eigenvalue weighted by atomic mass is 9.89. The molecule has 0 heterocycles. The number of alkyl carbamates (subject to hydrolysis) is 1. The van der Waals surface area contributed by atoms with Gasteiger partial charge in [0.2, 0.25) is 0 Å². The van der Waals surface area contributed by atoms with Crippen LogP contribution in [0.1, 0.15) is 48.0 Å². The third-order valence-corrected chi connectivity index (χ3v) is 2.51. The Hall–Kier alpha value is -1.26. The summed E-state index contributed by atoms with van der Waals surface area (Å²) in [6.07, 6.45) is -0.475. The van der Waals surface area contributed by atoms with Crippen molar-refractivity contribution in [3.63, 3.8) is 0 Å². The summed E-state index contributed by atoms with van der Waals surface area (Å²) in [5.41, 5.74) is -0.554. The molecule has 1 amide bonds. The maximum absolute atomic E-state index is 11.7.